The van der Waals surface area contributed by atoms with Gasteiger partial charge in [0.1, 0.15) is 0 Å². The van der Waals surface area contributed by atoms with Gasteiger partial charge in [0.25, 0.3) is 0 Å². The van der Waals surface area contributed by atoms with Crippen molar-refractivity contribution in [1.82, 2.24) is 14.7 Å². The third-order valence-electron chi connectivity index (χ3n) is 4.06. The molecule has 3 rings (SSSR count). The Hall–Kier alpha value is -2.43. The summed E-state index contributed by atoms with van der Waals surface area (Å²) in [6.07, 6.45) is 3.04. The van der Waals surface area contributed by atoms with Gasteiger partial charge in [-0.2, -0.15) is 5.10 Å². The van der Waals surface area contributed by atoms with Crippen molar-refractivity contribution in [3.05, 3.63) is 84.2 Å². The van der Waals surface area contributed by atoms with Gasteiger partial charge in [0, 0.05) is 32.4 Å². The Kier molecular flexibility index (Phi) is 5.77. The van der Waals surface area contributed by atoms with Crippen molar-refractivity contribution in [3.8, 4) is 5.69 Å². The molecule has 0 aliphatic heterocycles. The highest BCUT2D eigenvalue weighted by Crippen LogP contribution is 2.09. The van der Waals surface area contributed by atoms with Gasteiger partial charge in [-0.25, -0.2) is 4.68 Å². The van der Waals surface area contributed by atoms with Crippen LogP contribution in [0.3, 0.4) is 0 Å². The zero-order valence-electron chi connectivity index (χ0n) is 13.9. The molecule has 0 saturated carbocycles. The monoisotopic (exact) mass is 320 g/mol. The van der Waals surface area contributed by atoms with Crippen molar-refractivity contribution in [3.63, 3.8) is 0 Å². The summed E-state index contributed by atoms with van der Waals surface area (Å²) in [5, 5.41) is 4.69. The molecule has 124 valence electrons. The van der Waals surface area contributed by atoms with E-state index in [1.807, 2.05) is 29.1 Å². The van der Waals surface area contributed by atoms with E-state index in [1.165, 1.54) is 5.56 Å². The van der Waals surface area contributed by atoms with Gasteiger partial charge in [-0.3, -0.25) is 4.90 Å². The maximum atomic E-state index is 5.78. The van der Waals surface area contributed by atoms with Gasteiger partial charge in [-0.1, -0.05) is 48.5 Å². The molecule has 2 aromatic carbocycles. The standard InChI is InChI=1S/C20H24N4/c21-13-16-23(14-11-18-7-3-1-4-8-18)17-19-12-15-24(22-19)20-9-5-2-6-10-20/h1-10,12,15H,11,13-14,16-17,21H2. The van der Waals surface area contributed by atoms with E-state index < -0.39 is 0 Å². The van der Waals surface area contributed by atoms with Crippen LogP contribution < -0.4 is 5.73 Å². The highest BCUT2D eigenvalue weighted by atomic mass is 15.3. The summed E-state index contributed by atoms with van der Waals surface area (Å²) in [5.41, 5.74) is 9.29. The van der Waals surface area contributed by atoms with Crippen LogP contribution in [0.2, 0.25) is 0 Å². The Bertz CT molecular complexity index is 722. The SMILES string of the molecule is NCCN(CCc1ccccc1)Cc1ccn(-c2ccccc2)n1. The molecule has 0 bridgehead atoms. The third kappa shape index (κ3) is 4.54. The molecule has 24 heavy (non-hydrogen) atoms. The largest absolute Gasteiger partial charge is 0.329 e. The number of benzene rings is 2. The van der Waals surface area contributed by atoms with Gasteiger partial charge in [0.15, 0.2) is 0 Å². The van der Waals surface area contributed by atoms with Crippen LogP contribution in [0, 0.1) is 0 Å². The first-order chi connectivity index (χ1) is 11.8. The molecular weight excluding hydrogens is 296 g/mol. The number of para-hydroxylation sites is 1. The first kappa shape index (κ1) is 16.4. The van der Waals surface area contributed by atoms with Gasteiger partial charge in [0.05, 0.1) is 11.4 Å². The zero-order chi connectivity index (χ0) is 16.6. The molecule has 1 heterocycles. The number of nitrogens with two attached hydrogens (primary N) is 1. The zero-order valence-corrected chi connectivity index (χ0v) is 13.9. The maximum Gasteiger partial charge on any atom is 0.0769 e. The molecule has 2 N–H and O–H groups in total. The van der Waals surface area contributed by atoms with E-state index in [2.05, 4.69) is 53.4 Å². The van der Waals surface area contributed by atoms with Crippen LogP contribution in [0.1, 0.15) is 11.3 Å². The second-order valence-electron chi connectivity index (χ2n) is 5.89. The molecule has 0 atom stereocenters. The molecule has 0 aliphatic carbocycles. The molecule has 4 heteroatoms. The molecule has 0 amide bonds. The van der Waals surface area contributed by atoms with E-state index in [0.717, 1.165) is 37.4 Å². The molecule has 0 fully saturated rings. The molecule has 1 aromatic heterocycles. The number of aromatic nitrogens is 2. The van der Waals surface area contributed by atoms with E-state index in [4.69, 9.17) is 10.8 Å². The molecule has 3 aromatic rings. The van der Waals surface area contributed by atoms with Gasteiger partial charge in [0.2, 0.25) is 0 Å². The number of rotatable bonds is 8. The molecule has 0 unspecified atom stereocenters. The van der Waals surface area contributed by atoms with Gasteiger partial charge in [-0.05, 0) is 30.2 Å². The number of nitrogens with zero attached hydrogens (tertiary/aromatic N) is 3. The topological polar surface area (TPSA) is 47.1 Å². The number of hydrogen-bond donors (Lipinski definition) is 1. The van der Waals surface area contributed by atoms with E-state index in [1.54, 1.807) is 0 Å². The molecule has 0 radical (unpaired) electrons. The van der Waals surface area contributed by atoms with Crippen LogP contribution in [0.5, 0.6) is 0 Å². The van der Waals surface area contributed by atoms with Gasteiger partial charge >= 0.3 is 0 Å². The Morgan fingerprint density at radius 1 is 0.875 bits per heavy atom. The highest BCUT2D eigenvalue weighted by molar-refractivity contribution is 5.30. The minimum Gasteiger partial charge on any atom is -0.329 e. The fourth-order valence-corrected chi connectivity index (χ4v) is 2.78. The van der Waals surface area contributed by atoms with E-state index in [0.29, 0.717) is 6.54 Å². The van der Waals surface area contributed by atoms with Crippen molar-refractivity contribution in [2.75, 3.05) is 19.6 Å². The normalized spacial score (nSPS) is 11.1. The Morgan fingerprint density at radius 2 is 1.58 bits per heavy atom. The van der Waals surface area contributed by atoms with Crippen LogP contribution in [-0.4, -0.2) is 34.3 Å². The van der Waals surface area contributed by atoms with E-state index in [9.17, 15) is 0 Å². The Morgan fingerprint density at radius 3 is 2.29 bits per heavy atom. The summed E-state index contributed by atoms with van der Waals surface area (Å²) < 4.78 is 1.92. The van der Waals surface area contributed by atoms with Crippen molar-refractivity contribution in [1.29, 1.82) is 0 Å². The van der Waals surface area contributed by atoms with Crippen molar-refractivity contribution < 1.29 is 0 Å². The van der Waals surface area contributed by atoms with Gasteiger partial charge < -0.3 is 5.73 Å². The summed E-state index contributed by atoms with van der Waals surface area (Å²) in [4.78, 5) is 2.37. The lowest BCUT2D eigenvalue weighted by Crippen LogP contribution is -2.31. The summed E-state index contributed by atoms with van der Waals surface area (Å²) in [6.45, 7) is 3.35. The lowest BCUT2D eigenvalue weighted by atomic mass is 10.1. The van der Waals surface area contributed by atoms with Crippen molar-refractivity contribution in [2.45, 2.75) is 13.0 Å². The summed E-state index contributed by atoms with van der Waals surface area (Å²) in [5.74, 6) is 0. The molecular formula is C20H24N4. The first-order valence-corrected chi connectivity index (χ1v) is 8.41. The Labute approximate surface area is 143 Å². The lowest BCUT2D eigenvalue weighted by Gasteiger charge is -2.20. The summed E-state index contributed by atoms with van der Waals surface area (Å²) in [7, 11) is 0. The maximum absolute atomic E-state index is 5.78. The van der Waals surface area contributed by atoms with Crippen LogP contribution >= 0.6 is 0 Å². The average molecular weight is 320 g/mol. The first-order valence-electron chi connectivity index (χ1n) is 8.41. The minimum atomic E-state index is 0.661. The highest BCUT2D eigenvalue weighted by Gasteiger charge is 2.08. The predicted molar refractivity (Wildman–Crippen MR) is 98.0 cm³/mol. The van der Waals surface area contributed by atoms with Crippen LogP contribution in [0.4, 0.5) is 0 Å². The fraction of sp³-hybridized carbons (Fsp3) is 0.250. The van der Waals surface area contributed by atoms with Crippen molar-refractivity contribution >= 4 is 0 Å². The second kappa shape index (κ2) is 8.43. The predicted octanol–water partition coefficient (Wildman–Crippen LogP) is 2.88. The van der Waals surface area contributed by atoms with E-state index >= 15 is 0 Å². The molecule has 4 nitrogen and oxygen atoms in total. The molecule has 0 saturated heterocycles. The summed E-state index contributed by atoms with van der Waals surface area (Å²) >= 11 is 0. The van der Waals surface area contributed by atoms with Crippen LogP contribution in [0.15, 0.2) is 72.9 Å². The van der Waals surface area contributed by atoms with Crippen LogP contribution in [-0.2, 0) is 13.0 Å². The van der Waals surface area contributed by atoms with Gasteiger partial charge in [-0.15, -0.1) is 0 Å². The Balaban J connectivity index is 1.62. The van der Waals surface area contributed by atoms with Crippen LogP contribution in [0.25, 0.3) is 5.69 Å². The van der Waals surface area contributed by atoms with Crippen molar-refractivity contribution in [2.24, 2.45) is 5.73 Å². The minimum absolute atomic E-state index is 0.661. The third-order valence-corrected chi connectivity index (χ3v) is 4.06. The average Bonchev–Trinajstić information content (AvgIpc) is 3.10. The smallest absolute Gasteiger partial charge is 0.0769 e. The molecule has 0 spiro atoms. The fourth-order valence-electron chi connectivity index (χ4n) is 2.78. The number of hydrogen-bond acceptors (Lipinski definition) is 3. The van der Waals surface area contributed by atoms with E-state index in [-0.39, 0.29) is 0 Å². The molecule has 0 aliphatic rings. The second-order valence-corrected chi connectivity index (χ2v) is 5.89. The lowest BCUT2D eigenvalue weighted by molar-refractivity contribution is 0.272. The summed E-state index contributed by atoms with van der Waals surface area (Å²) in [6, 6.07) is 22.8. The quantitative estimate of drug-likeness (QED) is 0.694.